The van der Waals surface area contributed by atoms with E-state index >= 15 is 0 Å². The Hall–Kier alpha value is -1.72. The lowest BCUT2D eigenvalue weighted by Gasteiger charge is -2.06. The van der Waals surface area contributed by atoms with Gasteiger partial charge in [0.15, 0.2) is 0 Å². The molecule has 0 aliphatic carbocycles. The van der Waals surface area contributed by atoms with Crippen molar-refractivity contribution in [3.63, 3.8) is 0 Å². The van der Waals surface area contributed by atoms with Crippen LogP contribution >= 0.6 is 23.1 Å². The van der Waals surface area contributed by atoms with Crippen LogP contribution in [0.4, 0.5) is 0 Å². The summed E-state index contributed by atoms with van der Waals surface area (Å²) >= 11 is 3.29. The Morgan fingerprint density at radius 3 is 2.73 bits per heavy atom. The molecule has 0 saturated heterocycles. The number of Topliss-reactive ketones (excluding diaryl/α,β-unsaturated/α-hetero) is 1. The van der Waals surface area contributed by atoms with Crippen molar-refractivity contribution < 1.29 is 4.79 Å². The summed E-state index contributed by atoms with van der Waals surface area (Å²) in [6.45, 7) is 3.54. The largest absolute Gasteiger partial charge is 0.300 e. The minimum Gasteiger partial charge on any atom is -0.300 e. The van der Waals surface area contributed by atoms with Gasteiger partial charge in [-0.3, -0.25) is 4.79 Å². The van der Waals surface area contributed by atoms with Crippen LogP contribution < -0.4 is 0 Å². The maximum Gasteiger partial charge on any atom is 0.130 e. The molecule has 0 atom stereocenters. The van der Waals surface area contributed by atoms with Crippen molar-refractivity contribution in [2.45, 2.75) is 25.3 Å². The average molecular weight is 328 g/mol. The first-order valence-electron chi connectivity index (χ1n) is 7.08. The summed E-state index contributed by atoms with van der Waals surface area (Å²) in [5.41, 5.74) is 2.35. The van der Waals surface area contributed by atoms with Crippen LogP contribution in [0.5, 0.6) is 0 Å². The minimum absolute atomic E-state index is 0.211. The molecular formula is C17H16N2OS2. The van der Waals surface area contributed by atoms with Gasteiger partial charge in [0.05, 0.1) is 5.39 Å². The molecule has 0 aliphatic heterocycles. The van der Waals surface area contributed by atoms with Crippen molar-refractivity contribution in [1.29, 1.82) is 0 Å². The van der Waals surface area contributed by atoms with E-state index in [1.54, 1.807) is 30.0 Å². The van der Waals surface area contributed by atoms with E-state index in [1.165, 1.54) is 11.1 Å². The van der Waals surface area contributed by atoms with Gasteiger partial charge < -0.3 is 0 Å². The number of fused-ring (bicyclic) bond motifs is 1. The molecule has 0 fully saturated rings. The molecule has 5 heteroatoms. The number of hydrogen-bond donors (Lipinski definition) is 0. The van der Waals surface area contributed by atoms with Crippen molar-refractivity contribution in [3.05, 3.63) is 41.5 Å². The van der Waals surface area contributed by atoms with Crippen molar-refractivity contribution in [3.8, 4) is 11.1 Å². The first-order valence-corrected chi connectivity index (χ1v) is 8.95. The van der Waals surface area contributed by atoms with Crippen LogP contribution in [-0.2, 0) is 4.79 Å². The molecule has 0 N–H and O–H groups in total. The first-order chi connectivity index (χ1) is 10.6. The topological polar surface area (TPSA) is 42.9 Å². The predicted molar refractivity (Wildman–Crippen MR) is 93.6 cm³/mol. The smallest absolute Gasteiger partial charge is 0.130 e. The summed E-state index contributed by atoms with van der Waals surface area (Å²) in [5.74, 6) is 1.74. The van der Waals surface area contributed by atoms with Gasteiger partial charge in [0.2, 0.25) is 0 Å². The third-order valence-electron chi connectivity index (χ3n) is 3.29. The number of benzene rings is 1. The van der Waals surface area contributed by atoms with Gasteiger partial charge in [-0.1, -0.05) is 30.3 Å². The Morgan fingerprint density at radius 2 is 2.00 bits per heavy atom. The zero-order valence-electron chi connectivity index (χ0n) is 12.5. The van der Waals surface area contributed by atoms with Gasteiger partial charge in [0, 0.05) is 23.1 Å². The summed E-state index contributed by atoms with van der Waals surface area (Å²) in [7, 11) is 0. The molecule has 0 aliphatic rings. The molecule has 22 heavy (non-hydrogen) atoms. The van der Waals surface area contributed by atoms with E-state index in [0.29, 0.717) is 6.42 Å². The molecule has 3 aromatic rings. The fourth-order valence-corrected chi connectivity index (χ4v) is 4.43. The molecule has 3 rings (SSSR count). The monoisotopic (exact) mass is 328 g/mol. The molecule has 0 amide bonds. The van der Waals surface area contributed by atoms with Crippen molar-refractivity contribution >= 4 is 39.1 Å². The zero-order valence-corrected chi connectivity index (χ0v) is 14.1. The number of hydrogen-bond acceptors (Lipinski definition) is 5. The summed E-state index contributed by atoms with van der Waals surface area (Å²) in [5, 5.41) is 4.22. The lowest BCUT2D eigenvalue weighted by atomic mass is 10.1. The summed E-state index contributed by atoms with van der Waals surface area (Å²) < 4.78 is 0. The highest BCUT2D eigenvalue weighted by Gasteiger charge is 2.14. The van der Waals surface area contributed by atoms with Crippen LogP contribution in [0.3, 0.4) is 0 Å². The molecule has 0 saturated carbocycles. The third-order valence-corrected chi connectivity index (χ3v) is 5.14. The van der Waals surface area contributed by atoms with E-state index in [9.17, 15) is 4.79 Å². The van der Waals surface area contributed by atoms with Gasteiger partial charge >= 0.3 is 0 Å². The molecule has 0 spiro atoms. The molecule has 3 nitrogen and oxygen atoms in total. The fourth-order valence-electron chi connectivity index (χ4n) is 2.24. The van der Waals surface area contributed by atoms with E-state index in [2.05, 4.69) is 27.5 Å². The highest BCUT2D eigenvalue weighted by molar-refractivity contribution is 7.99. The SMILES string of the molecule is CC(=O)CCSc1nc(C)nc2scc(-c3ccccc3)c12. The van der Waals surface area contributed by atoms with Crippen LogP contribution in [0.25, 0.3) is 21.3 Å². The van der Waals surface area contributed by atoms with E-state index < -0.39 is 0 Å². The quantitative estimate of drug-likeness (QED) is 0.501. The first kappa shape index (κ1) is 15.2. The Labute approximate surface area is 137 Å². The van der Waals surface area contributed by atoms with Crippen LogP contribution in [0.2, 0.25) is 0 Å². The average Bonchev–Trinajstić information content (AvgIpc) is 2.91. The molecule has 0 bridgehead atoms. The van der Waals surface area contributed by atoms with Gasteiger partial charge in [-0.2, -0.15) is 0 Å². The number of ketones is 1. The molecule has 0 radical (unpaired) electrons. The van der Waals surface area contributed by atoms with Crippen LogP contribution in [-0.4, -0.2) is 21.5 Å². The molecule has 112 valence electrons. The highest BCUT2D eigenvalue weighted by atomic mass is 32.2. The summed E-state index contributed by atoms with van der Waals surface area (Å²) in [6, 6.07) is 10.3. The number of carbonyl (C=O) groups excluding carboxylic acids is 1. The lowest BCUT2D eigenvalue weighted by molar-refractivity contribution is -0.116. The van der Waals surface area contributed by atoms with E-state index in [-0.39, 0.29) is 5.78 Å². The van der Waals surface area contributed by atoms with Gasteiger partial charge in [-0.05, 0) is 19.4 Å². The van der Waals surface area contributed by atoms with Crippen LogP contribution in [0.1, 0.15) is 19.2 Å². The number of thioether (sulfide) groups is 1. The Morgan fingerprint density at radius 1 is 1.23 bits per heavy atom. The zero-order chi connectivity index (χ0) is 15.5. The van der Waals surface area contributed by atoms with Gasteiger partial charge in [-0.25, -0.2) is 9.97 Å². The number of rotatable bonds is 5. The normalized spacial score (nSPS) is 11.0. The number of aryl methyl sites for hydroxylation is 1. The lowest BCUT2D eigenvalue weighted by Crippen LogP contribution is -1.95. The minimum atomic E-state index is 0.211. The molecule has 0 unspecified atom stereocenters. The van der Waals surface area contributed by atoms with E-state index in [4.69, 9.17) is 0 Å². The van der Waals surface area contributed by atoms with Crippen LogP contribution in [0, 0.1) is 6.92 Å². The second-order valence-electron chi connectivity index (χ2n) is 5.07. The maximum absolute atomic E-state index is 11.2. The van der Waals surface area contributed by atoms with Crippen molar-refractivity contribution in [2.75, 3.05) is 5.75 Å². The number of aromatic nitrogens is 2. The fraction of sp³-hybridized carbons (Fsp3) is 0.235. The Bertz CT molecular complexity index is 812. The Balaban J connectivity index is 2.06. The molecular weight excluding hydrogens is 312 g/mol. The van der Waals surface area contributed by atoms with Gasteiger partial charge in [0.25, 0.3) is 0 Å². The molecule has 2 heterocycles. The molecule has 1 aromatic carbocycles. The van der Waals surface area contributed by atoms with Crippen molar-refractivity contribution in [1.82, 2.24) is 9.97 Å². The summed E-state index contributed by atoms with van der Waals surface area (Å²) in [4.78, 5) is 21.3. The van der Waals surface area contributed by atoms with E-state index in [0.717, 1.165) is 26.8 Å². The van der Waals surface area contributed by atoms with E-state index in [1.807, 2.05) is 25.1 Å². The van der Waals surface area contributed by atoms with Gasteiger partial charge in [0.1, 0.15) is 21.5 Å². The Kier molecular flexibility index (Phi) is 4.55. The van der Waals surface area contributed by atoms with Gasteiger partial charge in [-0.15, -0.1) is 23.1 Å². The highest BCUT2D eigenvalue weighted by Crippen LogP contribution is 2.38. The predicted octanol–water partition coefficient (Wildman–Crippen LogP) is 4.74. The van der Waals surface area contributed by atoms with Crippen LogP contribution in [0.15, 0.2) is 40.7 Å². The summed E-state index contributed by atoms with van der Waals surface area (Å²) in [6.07, 6.45) is 0.569. The maximum atomic E-state index is 11.2. The third kappa shape index (κ3) is 3.20. The number of carbonyl (C=O) groups is 1. The standard InChI is InChI=1S/C17H16N2OS2/c1-11(20)8-9-21-16-15-14(13-6-4-3-5-7-13)10-22-17(15)19-12(2)18-16/h3-7,10H,8-9H2,1-2H3. The second kappa shape index (κ2) is 6.58. The number of thiophene rings is 1. The van der Waals surface area contributed by atoms with Crippen molar-refractivity contribution in [2.24, 2.45) is 0 Å². The molecule has 2 aromatic heterocycles. The second-order valence-corrected chi connectivity index (χ2v) is 7.01. The number of nitrogens with zero attached hydrogens (tertiary/aromatic N) is 2.